The van der Waals surface area contributed by atoms with Gasteiger partial charge in [-0.05, 0) is 5.56 Å². The van der Waals surface area contributed by atoms with Gasteiger partial charge in [-0.1, -0.05) is 30.3 Å². The molecule has 6 heteroatoms. The van der Waals surface area contributed by atoms with E-state index in [0.29, 0.717) is 0 Å². The molecule has 0 fully saturated rings. The van der Waals surface area contributed by atoms with Crippen LogP contribution in [-0.2, 0) is 0 Å². The summed E-state index contributed by atoms with van der Waals surface area (Å²) >= 11 is 0. The van der Waals surface area contributed by atoms with Crippen LogP contribution in [0.3, 0.4) is 0 Å². The van der Waals surface area contributed by atoms with Crippen LogP contribution in [0.2, 0.25) is 0 Å². The molecule has 1 unspecified atom stereocenters. The lowest BCUT2D eigenvalue weighted by Crippen LogP contribution is -2.12. The normalized spacial score (nSPS) is 12.5. The molecule has 0 heterocycles. The fourth-order valence-corrected chi connectivity index (χ4v) is 1.66. The molecule has 0 aromatic heterocycles. The van der Waals surface area contributed by atoms with Gasteiger partial charge in [-0.2, -0.15) is 0 Å². The Morgan fingerprint density at radius 3 is 1.58 bits per heavy atom. The molecule has 0 amide bonds. The predicted octanol–water partition coefficient (Wildman–Crippen LogP) is 3.46. The Morgan fingerprint density at radius 2 is 1.11 bits per heavy atom. The number of halogens is 5. The maximum absolute atomic E-state index is 13.5. The van der Waals surface area contributed by atoms with E-state index in [1.54, 1.807) is 6.07 Å². The highest BCUT2D eigenvalue weighted by molar-refractivity contribution is 5.33. The summed E-state index contributed by atoms with van der Waals surface area (Å²) in [7, 11) is 0. The van der Waals surface area contributed by atoms with Gasteiger partial charge in [-0.25, -0.2) is 22.0 Å². The third kappa shape index (κ3) is 2.19. The van der Waals surface area contributed by atoms with Crippen molar-refractivity contribution in [3.8, 4) is 0 Å². The van der Waals surface area contributed by atoms with Crippen molar-refractivity contribution in [1.82, 2.24) is 0 Å². The first-order chi connectivity index (χ1) is 8.95. The van der Waals surface area contributed by atoms with Crippen molar-refractivity contribution in [2.24, 2.45) is 0 Å². The smallest absolute Gasteiger partial charge is 0.200 e. The van der Waals surface area contributed by atoms with Gasteiger partial charge in [0.05, 0.1) is 5.56 Å². The summed E-state index contributed by atoms with van der Waals surface area (Å²) in [6.07, 6.45) is -1.94. The van der Waals surface area contributed by atoms with E-state index in [-0.39, 0.29) is 5.56 Å². The monoisotopic (exact) mass is 274 g/mol. The summed E-state index contributed by atoms with van der Waals surface area (Å²) in [5.74, 6) is -10.5. The molecular weight excluding hydrogens is 267 g/mol. The van der Waals surface area contributed by atoms with E-state index in [1.807, 2.05) is 0 Å². The molecule has 0 saturated carbocycles. The van der Waals surface area contributed by atoms with Crippen molar-refractivity contribution >= 4 is 0 Å². The maximum atomic E-state index is 13.5. The molecule has 1 atom stereocenters. The minimum absolute atomic E-state index is 0.0192. The third-order valence-corrected chi connectivity index (χ3v) is 2.63. The second kappa shape index (κ2) is 4.97. The lowest BCUT2D eigenvalue weighted by atomic mass is 10.00. The molecule has 0 bridgehead atoms. The van der Waals surface area contributed by atoms with Crippen LogP contribution < -0.4 is 0 Å². The molecule has 2 rings (SSSR count). The van der Waals surface area contributed by atoms with Crippen LogP contribution in [-0.4, -0.2) is 5.11 Å². The summed E-state index contributed by atoms with van der Waals surface area (Å²) < 4.78 is 65.8. The van der Waals surface area contributed by atoms with Gasteiger partial charge < -0.3 is 5.11 Å². The van der Waals surface area contributed by atoms with Gasteiger partial charge in [0.15, 0.2) is 23.3 Å². The Morgan fingerprint density at radius 1 is 0.684 bits per heavy atom. The lowest BCUT2D eigenvalue weighted by Gasteiger charge is -2.14. The molecule has 1 N–H and O–H groups in total. The molecule has 19 heavy (non-hydrogen) atoms. The zero-order chi connectivity index (χ0) is 14.2. The minimum atomic E-state index is -2.25. The van der Waals surface area contributed by atoms with Gasteiger partial charge in [-0.3, -0.25) is 0 Å². The van der Waals surface area contributed by atoms with Crippen LogP contribution in [0.4, 0.5) is 22.0 Å². The number of aliphatic hydroxyl groups is 1. The van der Waals surface area contributed by atoms with Gasteiger partial charge in [0, 0.05) is 0 Å². The first kappa shape index (κ1) is 13.5. The molecule has 0 aliphatic carbocycles. The molecular formula is C13H7F5O. The van der Waals surface area contributed by atoms with Crippen molar-refractivity contribution in [2.45, 2.75) is 6.10 Å². The molecule has 1 nitrogen and oxygen atoms in total. The Labute approximate surface area is 104 Å². The Hall–Kier alpha value is -1.95. The highest BCUT2D eigenvalue weighted by atomic mass is 19.2. The largest absolute Gasteiger partial charge is 0.383 e. The van der Waals surface area contributed by atoms with Crippen molar-refractivity contribution in [3.63, 3.8) is 0 Å². The quantitative estimate of drug-likeness (QED) is 0.505. The first-order valence-corrected chi connectivity index (χ1v) is 5.19. The molecule has 0 radical (unpaired) electrons. The predicted molar refractivity (Wildman–Crippen MR) is 56.7 cm³/mol. The highest BCUT2D eigenvalue weighted by Crippen LogP contribution is 2.31. The summed E-state index contributed by atoms with van der Waals surface area (Å²) in [5.41, 5.74) is -1.24. The zero-order valence-corrected chi connectivity index (χ0v) is 9.30. The average molecular weight is 274 g/mol. The Balaban J connectivity index is 2.64. The van der Waals surface area contributed by atoms with Gasteiger partial charge in [0.1, 0.15) is 6.10 Å². The second-order valence-corrected chi connectivity index (χ2v) is 3.80. The van der Waals surface area contributed by atoms with Crippen molar-refractivity contribution in [3.05, 3.63) is 70.5 Å². The summed E-state index contributed by atoms with van der Waals surface area (Å²) in [5, 5.41) is 9.76. The lowest BCUT2D eigenvalue weighted by molar-refractivity contribution is 0.203. The molecule has 0 aliphatic rings. The van der Waals surface area contributed by atoms with E-state index in [0.717, 1.165) is 0 Å². The SMILES string of the molecule is OC(c1ccccc1)c1c(F)c(F)c(F)c(F)c1F. The Kier molecular flexibility index (Phi) is 3.53. The van der Waals surface area contributed by atoms with Gasteiger partial charge in [-0.15, -0.1) is 0 Å². The van der Waals surface area contributed by atoms with E-state index >= 15 is 0 Å². The van der Waals surface area contributed by atoms with Gasteiger partial charge in [0.25, 0.3) is 0 Å². The van der Waals surface area contributed by atoms with Crippen molar-refractivity contribution in [1.29, 1.82) is 0 Å². The van der Waals surface area contributed by atoms with Gasteiger partial charge in [0.2, 0.25) is 5.82 Å². The molecule has 0 saturated heterocycles. The molecule has 2 aromatic carbocycles. The average Bonchev–Trinajstić information content (AvgIpc) is 2.44. The third-order valence-electron chi connectivity index (χ3n) is 2.63. The number of aliphatic hydroxyl groups excluding tert-OH is 1. The van der Waals surface area contributed by atoms with Crippen molar-refractivity contribution < 1.29 is 27.1 Å². The molecule has 100 valence electrons. The van der Waals surface area contributed by atoms with Crippen LogP contribution in [0.5, 0.6) is 0 Å². The topological polar surface area (TPSA) is 20.2 Å². The maximum Gasteiger partial charge on any atom is 0.200 e. The Bertz CT molecular complexity index is 583. The number of rotatable bonds is 2. The van der Waals surface area contributed by atoms with Crippen LogP contribution in [0.15, 0.2) is 30.3 Å². The van der Waals surface area contributed by atoms with Gasteiger partial charge >= 0.3 is 0 Å². The summed E-state index contributed by atoms with van der Waals surface area (Å²) in [4.78, 5) is 0. The van der Waals surface area contributed by atoms with Crippen LogP contribution in [0.25, 0.3) is 0 Å². The standard InChI is InChI=1S/C13H7F5O/c14-8-7(9(15)11(17)12(18)10(8)16)13(19)6-4-2-1-3-5-6/h1-5,13,19H. The summed E-state index contributed by atoms with van der Waals surface area (Å²) in [6, 6.07) is 7.12. The van der Waals surface area contributed by atoms with Crippen LogP contribution in [0, 0.1) is 29.1 Å². The van der Waals surface area contributed by atoms with E-state index < -0.39 is 40.8 Å². The van der Waals surface area contributed by atoms with E-state index in [9.17, 15) is 27.1 Å². The van der Waals surface area contributed by atoms with E-state index in [2.05, 4.69) is 0 Å². The highest BCUT2D eigenvalue weighted by Gasteiger charge is 2.30. The summed E-state index contributed by atoms with van der Waals surface area (Å²) in [6.45, 7) is 0. The van der Waals surface area contributed by atoms with E-state index in [1.165, 1.54) is 24.3 Å². The van der Waals surface area contributed by atoms with Crippen LogP contribution in [0.1, 0.15) is 17.2 Å². The first-order valence-electron chi connectivity index (χ1n) is 5.19. The fourth-order valence-electron chi connectivity index (χ4n) is 1.66. The number of hydrogen-bond acceptors (Lipinski definition) is 1. The molecule has 0 aliphatic heterocycles. The number of hydrogen-bond donors (Lipinski definition) is 1. The van der Waals surface area contributed by atoms with Crippen molar-refractivity contribution in [2.75, 3.05) is 0 Å². The minimum Gasteiger partial charge on any atom is -0.383 e. The zero-order valence-electron chi connectivity index (χ0n) is 9.30. The molecule has 0 spiro atoms. The fraction of sp³-hybridized carbons (Fsp3) is 0.0769. The van der Waals surface area contributed by atoms with E-state index in [4.69, 9.17) is 0 Å². The number of benzene rings is 2. The second-order valence-electron chi connectivity index (χ2n) is 3.80. The van der Waals surface area contributed by atoms with Crippen LogP contribution >= 0.6 is 0 Å². The molecule has 2 aromatic rings.